The van der Waals surface area contributed by atoms with Crippen molar-refractivity contribution in [2.24, 2.45) is 4.99 Å². The molecule has 5 nitrogen and oxygen atoms in total. The van der Waals surface area contributed by atoms with Crippen LogP contribution in [0.1, 0.15) is 29.3 Å². The van der Waals surface area contributed by atoms with E-state index in [2.05, 4.69) is 39.4 Å². The van der Waals surface area contributed by atoms with Crippen LogP contribution < -0.4 is 10.6 Å². The third-order valence-corrected chi connectivity index (χ3v) is 5.51. The van der Waals surface area contributed by atoms with Gasteiger partial charge in [-0.2, -0.15) is 0 Å². The number of rotatable bonds is 8. The molecule has 3 aromatic rings. The fourth-order valence-electron chi connectivity index (χ4n) is 2.91. The van der Waals surface area contributed by atoms with E-state index >= 15 is 0 Å². The zero-order valence-electron chi connectivity index (χ0n) is 16.2. The summed E-state index contributed by atoms with van der Waals surface area (Å²) in [4.78, 5) is 13.5. The number of aliphatic imine (C=N–C) groups is 1. The standard InChI is InChI=1S/C20H26FN5S.HI/c1-3-16-13-26-19(27-16)8-10-24-20(22-4-2)23-9-7-14-12-25-18-11-15(21)5-6-17(14)18;/h5-6,11-13,25H,3-4,7-10H2,1-2H3,(H2,22,23,24);1H. The van der Waals surface area contributed by atoms with E-state index in [-0.39, 0.29) is 29.8 Å². The SMILES string of the molecule is CCNC(=NCCc1ncc(CC)s1)NCCc1c[nH]c2cc(F)ccc12.I. The van der Waals surface area contributed by atoms with Crippen LogP contribution in [0.2, 0.25) is 0 Å². The molecule has 3 N–H and O–H groups in total. The van der Waals surface area contributed by atoms with Crippen molar-refractivity contribution in [1.82, 2.24) is 20.6 Å². The third kappa shape index (κ3) is 6.16. The molecule has 28 heavy (non-hydrogen) atoms. The molecule has 0 fully saturated rings. The number of aromatic nitrogens is 2. The number of hydrogen-bond donors (Lipinski definition) is 3. The zero-order valence-corrected chi connectivity index (χ0v) is 19.4. The Morgan fingerprint density at radius 3 is 2.86 bits per heavy atom. The maximum Gasteiger partial charge on any atom is 0.191 e. The molecule has 0 aliphatic heterocycles. The Hall–Kier alpha value is -1.68. The summed E-state index contributed by atoms with van der Waals surface area (Å²) in [6.07, 6.45) is 6.63. The maximum atomic E-state index is 13.3. The smallest absolute Gasteiger partial charge is 0.191 e. The summed E-state index contributed by atoms with van der Waals surface area (Å²) >= 11 is 1.76. The molecular weight excluding hydrogens is 488 g/mol. The van der Waals surface area contributed by atoms with Crippen LogP contribution in [-0.2, 0) is 19.3 Å². The Labute approximate surface area is 186 Å². The number of aromatic amines is 1. The number of H-pyrrole nitrogens is 1. The van der Waals surface area contributed by atoms with Crippen LogP contribution in [0.3, 0.4) is 0 Å². The molecular formula is C20H27FIN5S. The number of thiazole rings is 1. The summed E-state index contributed by atoms with van der Waals surface area (Å²) in [7, 11) is 0. The molecule has 0 spiro atoms. The van der Waals surface area contributed by atoms with Gasteiger partial charge in [-0.25, -0.2) is 9.37 Å². The van der Waals surface area contributed by atoms with Crippen LogP contribution in [0.15, 0.2) is 35.6 Å². The second-order valence-electron chi connectivity index (χ2n) is 6.27. The summed E-state index contributed by atoms with van der Waals surface area (Å²) in [5.41, 5.74) is 2.00. The van der Waals surface area contributed by atoms with E-state index in [1.165, 1.54) is 22.6 Å². The van der Waals surface area contributed by atoms with E-state index in [0.717, 1.165) is 54.2 Å². The topological polar surface area (TPSA) is 65.1 Å². The van der Waals surface area contributed by atoms with Gasteiger partial charge in [0.15, 0.2) is 5.96 Å². The van der Waals surface area contributed by atoms with Gasteiger partial charge in [-0.1, -0.05) is 6.92 Å². The molecule has 3 rings (SSSR count). The van der Waals surface area contributed by atoms with Crippen LogP contribution in [0.4, 0.5) is 4.39 Å². The van der Waals surface area contributed by atoms with Crippen molar-refractivity contribution in [3.63, 3.8) is 0 Å². The van der Waals surface area contributed by atoms with Gasteiger partial charge in [-0.3, -0.25) is 4.99 Å². The lowest BCUT2D eigenvalue weighted by Gasteiger charge is -2.11. The molecule has 8 heteroatoms. The highest BCUT2D eigenvalue weighted by atomic mass is 127. The average Bonchev–Trinajstić information content (AvgIpc) is 3.28. The van der Waals surface area contributed by atoms with E-state index in [4.69, 9.17) is 0 Å². The van der Waals surface area contributed by atoms with E-state index in [9.17, 15) is 4.39 Å². The lowest BCUT2D eigenvalue weighted by Crippen LogP contribution is -2.38. The first-order valence-electron chi connectivity index (χ1n) is 9.40. The van der Waals surface area contributed by atoms with Crippen molar-refractivity contribution in [2.45, 2.75) is 33.1 Å². The largest absolute Gasteiger partial charge is 0.361 e. The van der Waals surface area contributed by atoms with Gasteiger partial charge in [0.2, 0.25) is 0 Å². The van der Waals surface area contributed by atoms with Crippen LogP contribution in [0.5, 0.6) is 0 Å². The quantitative estimate of drug-likeness (QED) is 0.238. The van der Waals surface area contributed by atoms with Crippen molar-refractivity contribution < 1.29 is 4.39 Å². The highest BCUT2D eigenvalue weighted by Crippen LogP contribution is 2.19. The Balaban J connectivity index is 0.00000280. The minimum Gasteiger partial charge on any atom is -0.361 e. The lowest BCUT2D eigenvalue weighted by molar-refractivity contribution is 0.629. The summed E-state index contributed by atoms with van der Waals surface area (Å²) in [5, 5.41) is 8.85. The first kappa shape index (κ1) is 22.6. The maximum absolute atomic E-state index is 13.3. The van der Waals surface area contributed by atoms with Gasteiger partial charge in [0.25, 0.3) is 0 Å². The van der Waals surface area contributed by atoms with Crippen molar-refractivity contribution >= 4 is 52.2 Å². The molecule has 0 saturated heterocycles. The van der Waals surface area contributed by atoms with Gasteiger partial charge in [0.05, 0.1) is 5.01 Å². The van der Waals surface area contributed by atoms with Gasteiger partial charge in [-0.05, 0) is 43.5 Å². The second-order valence-corrected chi connectivity index (χ2v) is 7.46. The van der Waals surface area contributed by atoms with E-state index in [0.29, 0.717) is 6.54 Å². The van der Waals surface area contributed by atoms with Crippen LogP contribution in [0.25, 0.3) is 10.9 Å². The molecule has 0 unspecified atom stereocenters. The van der Waals surface area contributed by atoms with E-state index < -0.39 is 0 Å². The van der Waals surface area contributed by atoms with Crippen LogP contribution in [0, 0.1) is 5.82 Å². The third-order valence-electron chi connectivity index (χ3n) is 4.31. The lowest BCUT2D eigenvalue weighted by atomic mass is 10.1. The number of hydrogen-bond acceptors (Lipinski definition) is 3. The predicted molar refractivity (Wildman–Crippen MR) is 127 cm³/mol. The monoisotopic (exact) mass is 515 g/mol. The van der Waals surface area contributed by atoms with Gasteiger partial charge in [0, 0.05) is 54.2 Å². The van der Waals surface area contributed by atoms with Crippen molar-refractivity contribution in [3.05, 3.63) is 51.9 Å². The molecule has 0 atom stereocenters. The average molecular weight is 515 g/mol. The molecule has 2 aromatic heterocycles. The molecule has 0 saturated carbocycles. The highest BCUT2D eigenvalue weighted by molar-refractivity contribution is 14.0. The molecule has 1 aromatic carbocycles. The van der Waals surface area contributed by atoms with Crippen molar-refractivity contribution in [3.8, 4) is 0 Å². The van der Waals surface area contributed by atoms with Gasteiger partial charge in [0.1, 0.15) is 5.82 Å². The molecule has 2 heterocycles. The second kappa shape index (κ2) is 11.4. The first-order valence-corrected chi connectivity index (χ1v) is 10.2. The fourth-order valence-corrected chi connectivity index (χ4v) is 3.76. The van der Waals surface area contributed by atoms with Gasteiger partial charge in [-0.15, -0.1) is 35.3 Å². The predicted octanol–water partition coefficient (Wildman–Crippen LogP) is 4.28. The number of aryl methyl sites for hydroxylation is 1. The Morgan fingerprint density at radius 1 is 1.25 bits per heavy atom. The zero-order chi connectivity index (χ0) is 19.1. The minimum atomic E-state index is -0.220. The minimum absolute atomic E-state index is 0. The number of nitrogens with one attached hydrogen (secondary N) is 3. The van der Waals surface area contributed by atoms with E-state index in [1.807, 2.05) is 18.5 Å². The number of nitrogens with zero attached hydrogens (tertiary/aromatic N) is 2. The number of guanidine groups is 1. The Bertz CT molecular complexity index is 905. The number of halogens is 2. The van der Waals surface area contributed by atoms with Crippen molar-refractivity contribution in [2.75, 3.05) is 19.6 Å². The van der Waals surface area contributed by atoms with Crippen LogP contribution >= 0.6 is 35.3 Å². The normalized spacial score (nSPS) is 11.5. The number of fused-ring (bicyclic) bond motifs is 1. The molecule has 0 amide bonds. The summed E-state index contributed by atoms with van der Waals surface area (Å²) in [6.45, 7) is 6.48. The molecule has 0 bridgehead atoms. The van der Waals surface area contributed by atoms with Gasteiger partial charge < -0.3 is 15.6 Å². The Kier molecular flexibility index (Phi) is 9.17. The summed E-state index contributed by atoms with van der Waals surface area (Å²) < 4.78 is 13.3. The summed E-state index contributed by atoms with van der Waals surface area (Å²) in [6, 6.07) is 4.86. The Morgan fingerprint density at radius 2 is 2.11 bits per heavy atom. The molecule has 0 aliphatic carbocycles. The number of benzene rings is 1. The molecule has 0 radical (unpaired) electrons. The van der Waals surface area contributed by atoms with E-state index in [1.54, 1.807) is 11.3 Å². The highest BCUT2D eigenvalue weighted by Gasteiger charge is 2.05. The van der Waals surface area contributed by atoms with Crippen molar-refractivity contribution in [1.29, 1.82) is 0 Å². The van der Waals surface area contributed by atoms with Gasteiger partial charge >= 0.3 is 0 Å². The summed E-state index contributed by atoms with van der Waals surface area (Å²) in [5.74, 6) is 0.595. The first-order chi connectivity index (χ1) is 13.2. The molecule has 0 aliphatic rings. The van der Waals surface area contributed by atoms with Crippen LogP contribution in [-0.4, -0.2) is 35.6 Å². The molecule has 152 valence electrons. The fraction of sp³-hybridized carbons (Fsp3) is 0.400.